The molecule has 5 heteroatoms. The van der Waals surface area contributed by atoms with E-state index >= 15 is 0 Å². The van der Waals surface area contributed by atoms with E-state index in [4.69, 9.17) is 10.5 Å². The molecule has 4 aliphatic carbocycles. The molecule has 0 aromatic heterocycles. The van der Waals surface area contributed by atoms with Crippen LogP contribution in [0.15, 0.2) is 0 Å². The van der Waals surface area contributed by atoms with Crippen LogP contribution >= 0.6 is 0 Å². The van der Waals surface area contributed by atoms with Gasteiger partial charge in [-0.05, 0) is 74.7 Å². The molecule has 0 aromatic carbocycles. The SMILES string of the molecule is C[C@]12CC[C@H](OC(=O)CCCN)CC1C(=O)C[C@@H]1[C@@H]2CC[C@]2(C)C(=O)CC[C@@H]12. The van der Waals surface area contributed by atoms with E-state index in [-0.39, 0.29) is 28.8 Å². The van der Waals surface area contributed by atoms with Gasteiger partial charge in [0.2, 0.25) is 0 Å². The molecule has 4 fully saturated rings. The quantitative estimate of drug-likeness (QED) is 0.745. The Labute approximate surface area is 168 Å². The second kappa shape index (κ2) is 7.23. The summed E-state index contributed by atoms with van der Waals surface area (Å²) in [6.45, 7) is 4.95. The standard InChI is InChI=1S/C23H35NO4/c1-22-9-7-14(28-21(27)4-3-11-24)12-18(22)19(25)13-15-16-5-6-20(26)23(16,2)10-8-17(15)22/h14-18H,3-13,24H2,1-2H3/t14-,15-,16-,17-,18?,22+,23-/m0/s1. The number of hydrogen-bond acceptors (Lipinski definition) is 5. The van der Waals surface area contributed by atoms with Crippen molar-refractivity contribution >= 4 is 17.5 Å². The van der Waals surface area contributed by atoms with Crippen molar-refractivity contribution in [1.29, 1.82) is 0 Å². The molecule has 156 valence electrons. The molecule has 4 rings (SSSR count). The molecule has 28 heavy (non-hydrogen) atoms. The third kappa shape index (κ3) is 3.05. The van der Waals surface area contributed by atoms with E-state index in [2.05, 4.69) is 13.8 Å². The molecular weight excluding hydrogens is 354 g/mol. The molecule has 0 spiro atoms. The third-order valence-corrected chi connectivity index (χ3v) is 9.00. The lowest BCUT2D eigenvalue weighted by atomic mass is 9.45. The number of nitrogens with two attached hydrogens (primary N) is 1. The van der Waals surface area contributed by atoms with Crippen molar-refractivity contribution in [2.45, 2.75) is 84.2 Å². The van der Waals surface area contributed by atoms with Gasteiger partial charge >= 0.3 is 5.97 Å². The number of rotatable bonds is 4. The van der Waals surface area contributed by atoms with Crippen molar-refractivity contribution in [1.82, 2.24) is 0 Å². The fourth-order valence-corrected chi connectivity index (χ4v) is 7.37. The fourth-order valence-electron chi connectivity index (χ4n) is 7.37. The van der Waals surface area contributed by atoms with Gasteiger partial charge in [0.1, 0.15) is 17.7 Å². The Morgan fingerprint density at radius 1 is 1.14 bits per heavy atom. The van der Waals surface area contributed by atoms with Gasteiger partial charge in [0.15, 0.2) is 0 Å². The highest BCUT2D eigenvalue weighted by molar-refractivity contribution is 5.88. The van der Waals surface area contributed by atoms with Gasteiger partial charge in [-0.25, -0.2) is 0 Å². The molecule has 0 aromatic rings. The lowest BCUT2D eigenvalue weighted by molar-refractivity contribution is -0.170. The van der Waals surface area contributed by atoms with Crippen LogP contribution in [0.4, 0.5) is 0 Å². The number of Topliss-reactive ketones (excluding diaryl/α,β-unsaturated/α-hetero) is 2. The monoisotopic (exact) mass is 389 g/mol. The smallest absolute Gasteiger partial charge is 0.306 e. The van der Waals surface area contributed by atoms with Crippen LogP contribution in [0.1, 0.15) is 78.1 Å². The van der Waals surface area contributed by atoms with Crippen LogP contribution in [0.2, 0.25) is 0 Å². The second-order valence-electron chi connectivity index (χ2n) is 10.3. The average Bonchev–Trinajstić information content (AvgIpc) is 2.96. The Hall–Kier alpha value is -1.23. The van der Waals surface area contributed by atoms with E-state index in [1.807, 2.05) is 0 Å². The molecule has 0 aliphatic heterocycles. The van der Waals surface area contributed by atoms with Crippen molar-refractivity contribution in [3.05, 3.63) is 0 Å². The van der Waals surface area contributed by atoms with Gasteiger partial charge < -0.3 is 10.5 Å². The van der Waals surface area contributed by atoms with Crippen LogP contribution in [0, 0.1) is 34.5 Å². The van der Waals surface area contributed by atoms with Crippen molar-refractivity contribution in [2.24, 2.45) is 40.2 Å². The van der Waals surface area contributed by atoms with Gasteiger partial charge in [0.05, 0.1) is 0 Å². The number of hydrogen-bond donors (Lipinski definition) is 1. The van der Waals surface area contributed by atoms with Crippen molar-refractivity contribution in [3.63, 3.8) is 0 Å². The van der Waals surface area contributed by atoms with E-state index in [1.165, 1.54) is 0 Å². The molecule has 1 unspecified atom stereocenters. The van der Waals surface area contributed by atoms with Gasteiger partial charge in [0.25, 0.3) is 0 Å². The number of ether oxygens (including phenoxy) is 1. The first-order valence-corrected chi connectivity index (χ1v) is 11.2. The summed E-state index contributed by atoms with van der Waals surface area (Å²) in [5.74, 6) is 1.84. The highest BCUT2D eigenvalue weighted by Gasteiger charge is 2.62. The summed E-state index contributed by atoms with van der Waals surface area (Å²) < 4.78 is 5.68. The van der Waals surface area contributed by atoms with Crippen LogP contribution < -0.4 is 5.73 Å². The van der Waals surface area contributed by atoms with Crippen molar-refractivity contribution in [3.8, 4) is 0 Å². The zero-order chi connectivity index (χ0) is 20.1. The minimum atomic E-state index is -0.194. The number of carbonyl (C=O) groups excluding carboxylic acids is 3. The van der Waals surface area contributed by atoms with Crippen LogP contribution in [-0.4, -0.2) is 30.2 Å². The van der Waals surface area contributed by atoms with Crippen LogP contribution in [-0.2, 0) is 19.1 Å². The maximum atomic E-state index is 13.2. The number of fused-ring (bicyclic) bond motifs is 5. The van der Waals surface area contributed by atoms with Gasteiger partial charge in [-0.1, -0.05) is 13.8 Å². The summed E-state index contributed by atoms with van der Waals surface area (Å²) in [7, 11) is 0. The molecular formula is C23H35NO4. The Balaban J connectivity index is 1.49. The highest BCUT2D eigenvalue weighted by atomic mass is 16.5. The summed E-state index contributed by atoms with van der Waals surface area (Å²) >= 11 is 0. The Morgan fingerprint density at radius 2 is 1.93 bits per heavy atom. The minimum absolute atomic E-state index is 0.00345. The summed E-state index contributed by atoms with van der Waals surface area (Å²) in [5.41, 5.74) is 5.28. The zero-order valence-corrected chi connectivity index (χ0v) is 17.4. The topological polar surface area (TPSA) is 86.5 Å². The molecule has 0 bridgehead atoms. The van der Waals surface area contributed by atoms with E-state index in [1.54, 1.807) is 0 Å². The minimum Gasteiger partial charge on any atom is -0.462 e. The largest absolute Gasteiger partial charge is 0.462 e. The first kappa shape index (κ1) is 20.1. The Bertz CT molecular complexity index is 676. The summed E-state index contributed by atoms with van der Waals surface area (Å²) in [6.07, 6.45) is 7.65. The predicted molar refractivity (Wildman–Crippen MR) is 105 cm³/mol. The van der Waals surface area contributed by atoms with E-state index in [0.29, 0.717) is 68.0 Å². The number of esters is 1. The lowest BCUT2D eigenvalue weighted by Crippen LogP contribution is -2.57. The summed E-state index contributed by atoms with van der Waals surface area (Å²) in [5, 5.41) is 0. The van der Waals surface area contributed by atoms with E-state index < -0.39 is 0 Å². The maximum Gasteiger partial charge on any atom is 0.306 e. The Morgan fingerprint density at radius 3 is 2.68 bits per heavy atom. The predicted octanol–water partition coefficient (Wildman–Crippen LogP) is 3.43. The molecule has 0 saturated heterocycles. The van der Waals surface area contributed by atoms with Crippen LogP contribution in [0.25, 0.3) is 0 Å². The van der Waals surface area contributed by atoms with Gasteiger partial charge in [-0.3, -0.25) is 14.4 Å². The number of carbonyl (C=O) groups is 3. The molecule has 4 saturated carbocycles. The first-order chi connectivity index (χ1) is 13.3. The van der Waals surface area contributed by atoms with E-state index in [9.17, 15) is 14.4 Å². The second-order valence-corrected chi connectivity index (χ2v) is 10.3. The maximum absolute atomic E-state index is 13.2. The summed E-state index contributed by atoms with van der Waals surface area (Å²) in [4.78, 5) is 37.8. The molecule has 0 radical (unpaired) electrons. The number of ketones is 2. The first-order valence-electron chi connectivity index (χ1n) is 11.2. The zero-order valence-electron chi connectivity index (χ0n) is 17.4. The lowest BCUT2D eigenvalue weighted by Gasteiger charge is -2.59. The third-order valence-electron chi connectivity index (χ3n) is 9.00. The van der Waals surface area contributed by atoms with Crippen LogP contribution in [0.3, 0.4) is 0 Å². The van der Waals surface area contributed by atoms with Crippen molar-refractivity contribution in [2.75, 3.05) is 6.54 Å². The normalized spacial score (nSPS) is 45.2. The van der Waals surface area contributed by atoms with Gasteiger partial charge in [-0.2, -0.15) is 0 Å². The highest BCUT2D eigenvalue weighted by Crippen LogP contribution is 2.64. The molecule has 7 atom stereocenters. The van der Waals surface area contributed by atoms with Gasteiger partial charge in [0, 0.05) is 30.6 Å². The molecule has 0 heterocycles. The average molecular weight is 390 g/mol. The summed E-state index contributed by atoms with van der Waals surface area (Å²) in [6, 6.07) is 0. The molecule has 2 N–H and O–H groups in total. The molecule has 5 nitrogen and oxygen atoms in total. The molecule has 0 amide bonds. The van der Waals surface area contributed by atoms with Crippen molar-refractivity contribution < 1.29 is 19.1 Å². The van der Waals surface area contributed by atoms with E-state index in [0.717, 1.165) is 32.1 Å². The molecule has 4 aliphatic rings. The van der Waals surface area contributed by atoms with Crippen LogP contribution in [0.5, 0.6) is 0 Å². The fraction of sp³-hybridized carbons (Fsp3) is 0.870. The van der Waals surface area contributed by atoms with Gasteiger partial charge in [-0.15, -0.1) is 0 Å². The Kier molecular flexibility index (Phi) is 5.18.